The highest BCUT2D eigenvalue weighted by atomic mass is 35.5. The van der Waals surface area contributed by atoms with Gasteiger partial charge in [-0.15, -0.1) is 0 Å². The largest absolute Gasteiger partial charge is 0.390 e. The zero-order valence-electron chi connectivity index (χ0n) is 16.1. The smallest absolute Gasteiger partial charge is 0.350 e. The minimum atomic E-state index is -4.26. The molecule has 168 valence electrons. The zero-order valence-corrected chi connectivity index (χ0v) is 17.7. The van der Waals surface area contributed by atoms with E-state index in [0.29, 0.717) is 37.6 Å². The summed E-state index contributed by atoms with van der Waals surface area (Å²) < 4.78 is 26.8. The maximum absolute atomic E-state index is 10.8. The van der Waals surface area contributed by atoms with Crippen LogP contribution in [-0.2, 0) is 18.8 Å². The summed E-state index contributed by atoms with van der Waals surface area (Å²) in [4.78, 5) is 30.1. The molecule has 0 aromatic carbocycles. The molecule has 3 heterocycles. The number of hydrogen-bond acceptors (Lipinski definition) is 10. The molecule has 2 fully saturated rings. The molecule has 12 nitrogen and oxygen atoms in total. The van der Waals surface area contributed by atoms with Gasteiger partial charge >= 0.3 is 7.60 Å². The highest BCUT2D eigenvalue weighted by Gasteiger charge is 2.34. The average molecular weight is 466 g/mol. The monoisotopic (exact) mass is 465 g/mol. The summed E-state index contributed by atoms with van der Waals surface area (Å²) in [5, 5.41) is 13.3. The molecule has 2 aliphatic heterocycles. The molecule has 0 aliphatic carbocycles. The zero-order chi connectivity index (χ0) is 21.7. The molecule has 2 unspecified atom stereocenters. The van der Waals surface area contributed by atoms with Gasteiger partial charge in [0, 0.05) is 25.7 Å². The van der Waals surface area contributed by atoms with Crippen molar-refractivity contribution in [2.24, 2.45) is 4.99 Å². The molecule has 4 atom stereocenters. The number of nitrogens with two attached hydrogens (primary N) is 1. The lowest BCUT2D eigenvalue weighted by Crippen LogP contribution is -2.26. The van der Waals surface area contributed by atoms with Gasteiger partial charge in [-0.1, -0.05) is 0 Å². The lowest BCUT2D eigenvalue weighted by atomic mass is 10.1. The third kappa shape index (κ3) is 6.82. The van der Waals surface area contributed by atoms with Gasteiger partial charge in [0.05, 0.1) is 31.5 Å². The lowest BCUT2D eigenvalue weighted by molar-refractivity contribution is -0.0363. The van der Waals surface area contributed by atoms with Gasteiger partial charge in [-0.3, -0.25) is 9.56 Å². The van der Waals surface area contributed by atoms with E-state index >= 15 is 0 Å². The normalized spacial score (nSPS) is 27.2. The fraction of sp³-hybridized carbons (Fsp3) is 0.688. The van der Waals surface area contributed by atoms with Gasteiger partial charge in [0.15, 0.2) is 11.6 Å². The fourth-order valence-electron chi connectivity index (χ4n) is 3.18. The van der Waals surface area contributed by atoms with Crippen molar-refractivity contribution in [2.45, 2.75) is 43.6 Å². The Morgan fingerprint density at radius 1 is 1.43 bits per heavy atom. The summed E-state index contributed by atoms with van der Waals surface area (Å²) in [6.07, 6.45) is 0.611. The standard InChI is InChI=1S/C16H25ClN5O7P/c17-16-21-14(18)13(15(22-16)20-9-2-4-27-6-9)19-3-1-10-5-11(23)12(29-10)7-28-8-30(24,25)26/h3,9-12,23H,1-2,4-8H2,(H2,24,25,26)(H3,18,20,21,22)/b19-3-/t9-,10?,11-,12?/m0/s1. The van der Waals surface area contributed by atoms with Crippen molar-refractivity contribution in [1.29, 1.82) is 0 Å². The van der Waals surface area contributed by atoms with Crippen molar-refractivity contribution < 1.29 is 33.7 Å². The van der Waals surface area contributed by atoms with Crippen molar-refractivity contribution in [1.82, 2.24) is 9.97 Å². The number of aromatic nitrogens is 2. The van der Waals surface area contributed by atoms with Gasteiger partial charge in [0.25, 0.3) is 0 Å². The van der Waals surface area contributed by atoms with Crippen molar-refractivity contribution >= 4 is 42.7 Å². The third-order valence-corrected chi connectivity index (χ3v) is 5.27. The van der Waals surface area contributed by atoms with Crippen LogP contribution >= 0.6 is 19.2 Å². The Balaban J connectivity index is 1.56. The molecule has 0 amide bonds. The number of nitrogens with one attached hydrogen (secondary N) is 1. The highest BCUT2D eigenvalue weighted by molar-refractivity contribution is 7.51. The Bertz CT molecular complexity index is 804. The third-order valence-electron chi connectivity index (χ3n) is 4.59. The molecule has 30 heavy (non-hydrogen) atoms. The predicted molar refractivity (Wildman–Crippen MR) is 109 cm³/mol. The molecule has 0 saturated carbocycles. The maximum atomic E-state index is 10.8. The van der Waals surface area contributed by atoms with Crippen LogP contribution in [0.25, 0.3) is 0 Å². The number of aliphatic hydroxyl groups excluding tert-OH is 1. The van der Waals surface area contributed by atoms with E-state index in [4.69, 9.17) is 41.3 Å². The Hall–Kier alpha value is -1.37. The molecule has 0 bridgehead atoms. The maximum Gasteiger partial charge on any atom is 0.350 e. The van der Waals surface area contributed by atoms with Crippen LogP contribution in [0.2, 0.25) is 5.28 Å². The Labute approximate surface area is 178 Å². The quantitative estimate of drug-likeness (QED) is 0.196. The van der Waals surface area contributed by atoms with Crippen LogP contribution in [-0.4, -0.2) is 81.6 Å². The second-order valence-corrected chi connectivity index (χ2v) is 9.02. The number of aliphatic imine (C=N–C) groups is 1. The van der Waals surface area contributed by atoms with E-state index in [2.05, 4.69) is 20.3 Å². The van der Waals surface area contributed by atoms with E-state index in [1.54, 1.807) is 6.21 Å². The first-order valence-corrected chi connectivity index (χ1v) is 11.5. The van der Waals surface area contributed by atoms with Crippen molar-refractivity contribution in [3.05, 3.63) is 5.28 Å². The van der Waals surface area contributed by atoms with Crippen LogP contribution in [0.15, 0.2) is 4.99 Å². The Morgan fingerprint density at radius 3 is 2.93 bits per heavy atom. The average Bonchev–Trinajstić information content (AvgIpc) is 3.26. The van der Waals surface area contributed by atoms with Crippen LogP contribution in [0.4, 0.5) is 17.3 Å². The SMILES string of the molecule is Nc1nc(Cl)nc(N[C@H]2CCOC2)c1/N=C\CC1C[C@H](O)C(COCP(=O)(O)O)O1. The summed E-state index contributed by atoms with van der Waals surface area (Å²) in [5.74, 6) is 0.541. The van der Waals surface area contributed by atoms with Crippen LogP contribution in [0, 0.1) is 0 Å². The van der Waals surface area contributed by atoms with Crippen molar-refractivity contribution in [2.75, 3.05) is 37.2 Å². The molecule has 0 radical (unpaired) electrons. The number of aliphatic hydroxyl groups is 1. The van der Waals surface area contributed by atoms with Crippen LogP contribution in [0.5, 0.6) is 0 Å². The molecule has 2 aliphatic rings. The molecule has 0 spiro atoms. The van der Waals surface area contributed by atoms with E-state index < -0.39 is 26.2 Å². The number of halogens is 1. The predicted octanol–water partition coefficient (Wildman–Crippen LogP) is 0.676. The Kier molecular flexibility index (Phi) is 7.99. The molecular formula is C16H25ClN5O7P. The second-order valence-electron chi connectivity index (χ2n) is 7.09. The summed E-state index contributed by atoms with van der Waals surface area (Å²) >= 11 is 5.91. The van der Waals surface area contributed by atoms with Gasteiger partial charge in [0.1, 0.15) is 18.1 Å². The molecule has 1 aromatic heterocycles. The lowest BCUT2D eigenvalue weighted by Gasteiger charge is -2.15. The number of rotatable bonds is 9. The van der Waals surface area contributed by atoms with Gasteiger partial charge < -0.3 is 40.2 Å². The number of anilines is 2. The summed E-state index contributed by atoms with van der Waals surface area (Å²) in [5.41, 5.74) is 6.31. The van der Waals surface area contributed by atoms with Crippen LogP contribution < -0.4 is 11.1 Å². The molecule has 6 N–H and O–H groups in total. The molecular weight excluding hydrogens is 441 g/mol. The van der Waals surface area contributed by atoms with Crippen molar-refractivity contribution in [3.8, 4) is 0 Å². The van der Waals surface area contributed by atoms with Crippen LogP contribution in [0.3, 0.4) is 0 Å². The van der Waals surface area contributed by atoms with E-state index in [0.717, 1.165) is 6.42 Å². The molecule has 2 saturated heterocycles. The fourth-order valence-corrected chi connectivity index (χ4v) is 3.70. The van der Waals surface area contributed by atoms with Gasteiger partial charge in [-0.25, -0.2) is 0 Å². The van der Waals surface area contributed by atoms with Crippen LogP contribution in [0.1, 0.15) is 19.3 Å². The van der Waals surface area contributed by atoms with Gasteiger partial charge in [0.2, 0.25) is 5.28 Å². The summed E-state index contributed by atoms with van der Waals surface area (Å²) in [7, 11) is -4.26. The van der Waals surface area contributed by atoms with E-state index in [-0.39, 0.29) is 29.9 Å². The van der Waals surface area contributed by atoms with Gasteiger partial charge in [-0.2, -0.15) is 9.97 Å². The van der Waals surface area contributed by atoms with E-state index in [9.17, 15) is 9.67 Å². The van der Waals surface area contributed by atoms with Crippen molar-refractivity contribution in [3.63, 3.8) is 0 Å². The second kappa shape index (κ2) is 10.3. The Morgan fingerprint density at radius 2 is 2.23 bits per heavy atom. The molecule has 14 heteroatoms. The van der Waals surface area contributed by atoms with E-state index in [1.165, 1.54) is 0 Å². The van der Waals surface area contributed by atoms with E-state index in [1.807, 2.05) is 0 Å². The first-order chi connectivity index (χ1) is 14.2. The minimum Gasteiger partial charge on any atom is -0.390 e. The number of ether oxygens (including phenoxy) is 3. The summed E-state index contributed by atoms with van der Waals surface area (Å²) in [6.45, 7) is 1.09. The number of nitrogen functional groups attached to an aromatic ring is 1. The van der Waals surface area contributed by atoms with Gasteiger partial charge in [-0.05, 0) is 18.0 Å². The first kappa shape index (κ1) is 23.3. The molecule has 3 rings (SSSR count). The topological polar surface area (TPSA) is 182 Å². The minimum absolute atomic E-state index is 0.00765. The number of hydrogen-bond donors (Lipinski definition) is 5. The first-order valence-electron chi connectivity index (χ1n) is 9.37. The highest BCUT2D eigenvalue weighted by Crippen LogP contribution is 2.34. The molecule has 1 aromatic rings. The summed E-state index contributed by atoms with van der Waals surface area (Å²) in [6, 6.07) is 0.0755. The number of nitrogens with zero attached hydrogens (tertiary/aromatic N) is 3.